The standard InChI is InChI=1S/C18H24F2N2O3/c1-25-15-5-4-14(16(19)17(15)20)18(24)21-9-6-12(7-10-21)22-8-2-3-13(23)11-22/h4-5,12-13,23H,2-3,6-11H2,1H3/t13-/m0/s1. The van der Waals surface area contributed by atoms with Gasteiger partial charge < -0.3 is 14.7 Å². The summed E-state index contributed by atoms with van der Waals surface area (Å²) >= 11 is 0. The second-order valence-electron chi connectivity index (χ2n) is 6.76. The summed E-state index contributed by atoms with van der Waals surface area (Å²) < 4.78 is 32.7. The number of ether oxygens (including phenoxy) is 1. The highest BCUT2D eigenvalue weighted by Crippen LogP contribution is 2.26. The number of β-amino-alcohol motifs (C(OH)–C–C–N with tert-alkyl or cyclic N) is 1. The monoisotopic (exact) mass is 354 g/mol. The molecule has 0 saturated carbocycles. The molecule has 2 aliphatic rings. The topological polar surface area (TPSA) is 53.0 Å². The first-order chi connectivity index (χ1) is 12.0. The summed E-state index contributed by atoms with van der Waals surface area (Å²) in [5.41, 5.74) is -0.259. The highest BCUT2D eigenvalue weighted by molar-refractivity contribution is 5.94. The molecule has 1 atom stereocenters. The molecule has 2 fully saturated rings. The summed E-state index contributed by atoms with van der Waals surface area (Å²) in [5.74, 6) is -3.00. The fraction of sp³-hybridized carbons (Fsp3) is 0.611. The minimum absolute atomic E-state index is 0.212. The molecule has 1 aromatic carbocycles. The second kappa shape index (κ2) is 7.66. The first-order valence-corrected chi connectivity index (χ1v) is 8.74. The summed E-state index contributed by atoms with van der Waals surface area (Å²) in [6, 6.07) is 2.87. The first-order valence-electron chi connectivity index (χ1n) is 8.74. The number of halogens is 2. The van der Waals surface area contributed by atoms with E-state index in [4.69, 9.17) is 4.74 Å². The van der Waals surface area contributed by atoms with Crippen LogP contribution in [0.25, 0.3) is 0 Å². The molecule has 1 aromatic rings. The van der Waals surface area contributed by atoms with Crippen molar-refractivity contribution in [3.8, 4) is 5.75 Å². The average Bonchev–Trinajstić information content (AvgIpc) is 2.63. The molecule has 1 amide bonds. The van der Waals surface area contributed by atoms with Crippen molar-refractivity contribution >= 4 is 5.91 Å². The normalized spacial score (nSPS) is 22.9. The predicted octanol–water partition coefficient (Wildman–Crippen LogP) is 2.03. The lowest BCUT2D eigenvalue weighted by Crippen LogP contribution is -2.50. The van der Waals surface area contributed by atoms with Crippen molar-refractivity contribution in [2.75, 3.05) is 33.3 Å². The third-order valence-corrected chi connectivity index (χ3v) is 5.19. The second-order valence-corrected chi connectivity index (χ2v) is 6.76. The van der Waals surface area contributed by atoms with E-state index >= 15 is 0 Å². The van der Waals surface area contributed by atoms with Crippen molar-refractivity contribution in [2.45, 2.75) is 37.8 Å². The van der Waals surface area contributed by atoms with Crippen LogP contribution in [-0.2, 0) is 0 Å². The third kappa shape index (κ3) is 3.77. The summed E-state index contributed by atoms with van der Waals surface area (Å²) in [6.07, 6.45) is 3.11. The molecule has 0 unspecified atom stereocenters. The number of hydrogen-bond donors (Lipinski definition) is 1. The van der Waals surface area contributed by atoms with Crippen molar-refractivity contribution in [2.24, 2.45) is 0 Å². The number of aliphatic hydroxyl groups is 1. The zero-order chi connectivity index (χ0) is 18.0. The number of rotatable bonds is 3. The van der Waals surface area contributed by atoms with Crippen LogP contribution in [0.15, 0.2) is 12.1 Å². The number of carbonyl (C=O) groups excluding carboxylic acids is 1. The third-order valence-electron chi connectivity index (χ3n) is 5.19. The van der Waals surface area contributed by atoms with E-state index in [0.29, 0.717) is 25.7 Å². The molecular weight excluding hydrogens is 330 g/mol. The maximum Gasteiger partial charge on any atom is 0.256 e. The number of piperidine rings is 2. The SMILES string of the molecule is COc1ccc(C(=O)N2CCC(N3CCC[C@H](O)C3)CC2)c(F)c1F. The van der Waals surface area contributed by atoms with Crippen LogP contribution in [0.3, 0.4) is 0 Å². The molecular formula is C18H24F2N2O3. The number of methoxy groups -OCH3 is 1. The Labute approximate surface area is 146 Å². The fourth-order valence-electron chi connectivity index (χ4n) is 3.77. The molecule has 25 heavy (non-hydrogen) atoms. The maximum absolute atomic E-state index is 14.1. The Kier molecular flexibility index (Phi) is 5.54. The van der Waals surface area contributed by atoms with Gasteiger partial charge in [-0.2, -0.15) is 4.39 Å². The van der Waals surface area contributed by atoms with E-state index in [9.17, 15) is 18.7 Å². The van der Waals surface area contributed by atoms with Gasteiger partial charge in [0.1, 0.15) is 0 Å². The van der Waals surface area contributed by atoms with E-state index < -0.39 is 17.5 Å². The van der Waals surface area contributed by atoms with Gasteiger partial charge in [0, 0.05) is 25.7 Å². The molecule has 2 aliphatic heterocycles. The Balaban J connectivity index is 1.63. The van der Waals surface area contributed by atoms with Crippen molar-refractivity contribution < 1.29 is 23.4 Å². The van der Waals surface area contributed by atoms with Gasteiger partial charge in [-0.25, -0.2) is 4.39 Å². The molecule has 2 saturated heterocycles. The van der Waals surface area contributed by atoms with Gasteiger partial charge in [-0.3, -0.25) is 9.69 Å². The van der Waals surface area contributed by atoms with E-state index in [1.807, 2.05) is 0 Å². The number of benzene rings is 1. The molecule has 0 bridgehead atoms. The van der Waals surface area contributed by atoms with Gasteiger partial charge >= 0.3 is 0 Å². The molecule has 1 N–H and O–H groups in total. The Morgan fingerprint density at radius 2 is 1.88 bits per heavy atom. The number of aliphatic hydroxyl groups excluding tert-OH is 1. The van der Waals surface area contributed by atoms with Crippen LogP contribution in [0.1, 0.15) is 36.0 Å². The van der Waals surface area contributed by atoms with Gasteiger partial charge in [0.05, 0.1) is 18.8 Å². The molecule has 0 spiro atoms. The maximum atomic E-state index is 14.1. The summed E-state index contributed by atoms with van der Waals surface area (Å²) in [4.78, 5) is 16.4. The van der Waals surface area contributed by atoms with Crippen molar-refractivity contribution in [1.82, 2.24) is 9.80 Å². The number of hydrogen-bond acceptors (Lipinski definition) is 4. The van der Waals surface area contributed by atoms with Gasteiger partial charge in [-0.1, -0.05) is 0 Å². The number of carbonyl (C=O) groups is 1. The highest BCUT2D eigenvalue weighted by Gasteiger charge is 2.31. The zero-order valence-electron chi connectivity index (χ0n) is 14.4. The lowest BCUT2D eigenvalue weighted by molar-refractivity contribution is 0.0239. The molecule has 0 radical (unpaired) electrons. The summed E-state index contributed by atoms with van der Waals surface area (Å²) in [6.45, 7) is 2.65. The van der Waals surface area contributed by atoms with Gasteiger partial charge in [0.15, 0.2) is 11.6 Å². The predicted molar refractivity (Wildman–Crippen MR) is 88.6 cm³/mol. The number of likely N-dealkylation sites (tertiary alicyclic amines) is 2. The summed E-state index contributed by atoms with van der Waals surface area (Å²) in [7, 11) is 1.25. The van der Waals surface area contributed by atoms with Gasteiger partial charge in [-0.15, -0.1) is 0 Å². The summed E-state index contributed by atoms with van der Waals surface area (Å²) in [5, 5.41) is 9.80. The Bertz CT molecular complexity index is 633. The minimum atomic E-state index is -1.16. The van der Waals surface area contributed by atoms with Gasteiger partial charge in [-0.05, 0) is 44.4 Å². The van der Waals surface area contributed by atoms with Crippen LogP contribution < -0.4 is 4.74 Å². The van der Waals surface area contributed by atoms with Crippen molar-refractivity contribution in [1.29, 1.82) is 0 Å². The average molecular weight is 354 g/mol. The Morgan fingerprint density at radius 3 is 2.52 bits per heavy atom. The van der Waals surface area contributed by atoms with Crippen LogP contribution >= 0.6 is 0 Å². The van der Waals surface area contributed by atoms with Crippen LogP contribution in [0, 0.1) is 11.6 Å². The molecule has 0 aliphatic carbocycles. The molecule has 138 valence electrons. The minimum Gasteiger partial charge on any atom is -0.494 e. The van der Waals surface area contributed by atoms with Gasteiger partial charge in [0.2, 0.25) is 5.82 Å². The number of amides is 1. The van der Waals surface area contributed by atoms with E-state index in [1.165, 1.54) is 19.2 Å². The quantitative estimate of drug-likeness (QED) is 0.903. The van der Waals surface area contributed by atoms with E-state index in [0.717, 1.165) is 32.2 Å². The lowest BCUT2D eigenvalue weighted by atomic mass is 9.98. The van der Waals surface area contributed by atoms with Crippen LogP contribution in [-0.4, -0.2) is 66.2 Å². The largest absolute Gasteiger partial charge is 0.494 e. The molecule has 2 heterocycles. The fourth-order valence-corrected chi connectivity index (χ4v) is 3.77. The Morgan fingerprint density at radius 1 is 1.16 bits per heavy atom. The zero-order valence-corrected chi connectivity index (χ0v) is 14.4. The van der Waals surface area contributed by atoms with Crippen LogP contribution in [0.5, 0.6) is 5.75 Å². The molecule has 5 nitrogen and oxygen atoms in total. The molecule has 7 heteroatoms. The lowest BCUT2D eigenvalue weighted by Gasteiger charge is -2.41. The highest BCUT2D eigenvalue weighted by atomic mass is 19.2. The Hall–Kier alpha value is -1.73. The van der Waals surface area contributed by atoms with Crippen LogP contribution in [0.2, 0.25) is 0 Å². The first kappa shape index (κ1) is 18.1. The van der Waals surface area contributed by atoms with Gasteiger partial charge in [0.25, 0.3) is 5.91 Å². The molecule has 0 aromatic heterocycles. The van der Waals surface area contributed by atoms with E-state index in [-0.39, 0.29) is 17.4 Å². The smallest absolute Gasteiger partial charge is 0.256 e. The molecule has 3 rings (SSSR count). The van der Waals surface area contributed by atoms with Crippen LogP contribution in [0.4, 0.5) is 8.78 Å². The number of nitrogens with zero attached hydrogens (tertiary/aromatic N) is 2. The van der Waals surface area contributed by atoms with E-state index in [1.54, 1.807) is 4.90 Å². The van der Waals surface area contributed by atoms with Crippen molar-refractivity contribution in [3.63, 3.8) is 0 Å². The van der Waals surface area contributed by atoms with E-state index in [2.05, 4.69) is 4.90 Å². The van der Waals surface area contributed by atoms with Crippen molar-refractivity contribution in [3.05, 3.63) is 29.3 Å².